The molecule has 1 N–H and O–H groups in total. The molecule has 0 amide bonds. The van der Waals surface area contributed by atoms with Crippen LogP contribution >= 0.6 is 0 Å². The number of methoxy groups -OCH3 is 1. The molecule has 4 nitrogen and oxygen atoms in total. The average molecular weight is 246 g/mol. The first kappa shape index (κ1) is 12.4. The summed E-state index contributed by atoms with van der Waals surface area (Å²) in [7, 11) is 1.35. The number of fused-ring (bicyclic) bond motifs is 1. The Balaban J connectivity index is 2.54. The molecule has 0 aromatic heterocycles. The Morgan fingerprint density at radius 1 is 1.33 bits per heavy atom. The molecule has 1 aliphatic rings. The highest BCUT2D eigenvalue weighted by Crippen LogP contribution is 2.32. The number of ether oxygens (including phenoxy) is 1. The summed E-state index contributed by atoms with van der Waals surface area (Å²) in [5.41, 5.74) is 3.05. The highest BCUT2D eigenvalue weighted by Gasteiger charge is 2.21. The van der Waals surface area contributed by atoms with Crippen molar-refractivity contribution in [3.05, 3.63) is 41.0 Å². The Labute approximate surface area is 105 Å². The van der Waals surface area contributed by atoms with E-state index in [1.54, 1.807) is 12.1 Å². The molecule has 1 aliphatic carbocycles. The second-order valence-electron chi connectivity index (χ2n) is 4.18. The van der Waals surface area contributed by atoms with Gasteiger partial charge in [-0.3, -0.25) is 0 Å². The fourth-order valence-electron chi connectivity index (χ4n) is 2.35. The number of carbonyl (C=O) groups excluding carboxylic acids is 1. The summed E-state index contributed by atoms with van der Waals surface area (Å²) in [5, 5.41) is 8.85. The molecule has 0 saturated heterocycles. The monoisotopic (exact) mass is 246 g/mol. The van der Waals surface area contributed by atoms with Gasteiger partial charge in [0.25, 0.3) is 0 Å². The van der Waals surface area contributed by atoms with Crippen molar-refractivity contribution < 1.29 is 19.4 Å². The van der Waals surface area contributed by atoms with Crippen LogP contribution in [0.5, 0.6) is 0 Å². The quantitative estimate of drug-likeness (QED) is 0.642. The molecule has 0 fully saturated rings. The van der Waals surface area contributed by atoms with Gasteiger partial charge in [-0.2, -0.15) is 0 Å². The Morgan fingerprint density at radius 3 is 2.78 bits per heavy atom. The number of rotatable bonds is 2. The highest BCUT2D eigenvalue weighted by molar-refractivity contribution is 5.95. The summed E-state index contributed by atoms with van der Waals surface area (Å²) in [6, 6.07) is 5.33. The van der Waals surface area contributed by atoms with Crippen molar-refractivity contribution in [2.45, 2.75) is 19.3 Å². The standard InChI is InChI=1S/C14H14O4/c1-18-14(17)12-7-3-5-10-9(8-13(15)16)4-2-6-11(10)12/h3,5,7-8H,2,4,6H2,1H3,(H,15,16)/b9-8+. The van der Waals surface area contributed by atoms with E-state index in [4.69, 9.17) is 9.84 Å². The number of carboxylic acids is 1. The van der Waals surface area contributed by atoms with E-state index in [9.17, 15) is 9.59 Å². The number of benzene rings is 1. The number of carboxylic acid groups (broad SMARTS) is 1. The number of allylic oxidation sites excluding steroid dienone is 1. The van der Waals surface area contributed by atoms with Crippen LogP contribution in [0.2, 0.25) is 0 Å². The van der Waals surface area contributed by atoms with Crippen LogP contribution in [0.3, 0.4) is 0 Å². The number of carbonyl (C=O) groups is 2. The Hall–Kier alpha value is -2.10. The van der Waals surface area contributed by atoms with Crippen molar-refractivity contribution in [1.29, 1.82) is 0 Å². The lowest BCUT2D eigenvalue weighted by Crippen LogP contribution is -2.11. The molecule has 0 spiro atoms. The van der Waals surface area contributed by atoms with E-state index in [1.165, 1.54) is 13.2 Å². The first-order valence-electron chi connectivity index (χ1n) is 5.77. The highest BCUT2D eigenvalue weighted by atomic mass is 16.5. The zero-order valence-electron chi connectivity index (χ0n) is 10.1. The molecule has 0 atom stereocenters. The van der Waals surface area contributed by atoms with E-state index in [2.05, 4.69) is 0 Å². The van der Waals surface area contributed by atoms with Gasteiger partial charge >= 0.3 is 11.9 Å². The maximum absolute atomic E-state index is 11.7. The molecule has 0 aliphatic heterocycles. The third-order valence-electron chi connectivity index (χ3n) is 3.10. The van der Waals surface area contributed by atoms with Crippen LogP contribution in [-0.2, 0) is 16.0 Å². The van der Waals surface area contributed by atoms with Gasteiger partial charge in [0.05, 0.1) is 12.7 Å². The first-order valence-corrected chi connectivity index (χ1v) is 5.77. The fourth-order valence-corrected chi connectivity index (χ4v) is 2.35. The molecule has 1 aromatic carbocycles. The number of hydrogen-bond donors (Lipinski definition) is 1. The van der Waals surface area contributed by atoms with Gasteiger partial charge in [0, 0.05) is 6.08 Å². The normalized spacial score (nSPS) is 16.2. The van der Waals surface area contributed by atoms with Crippen molar-refractivity contribution >= 4 is 17.5 Å². The predicted molar refractivity (Wildman–Crippen MR) is 66.3 cm³/mol. The van der Waals surface area contributed by atoms with Crippen LogP contribution in [0.15, 0.2) is 24.3 Å². The molecule has 1 aromatic rings. The van der Waals surface area contributed by atoms with Gasteiger partial charge < -0.3 is 9.84 Å². The van der Waals surface area contributed by atoms with Crippen LogP contribution in [0.4, 0.5) is 0 Å². The molecule has 4 heteroatoms. The summed E-state index contributed by atoms with van der Waals surface area (Å²) in [5.74, 6) is -1.33. The number of aliphatic carboxylic acids is 1. The van der Waals surface area contributed by atoms with Gasteiger partial charge in [0.2, 0.25) is 0 Å². The first-order chi connectivity index (χ1) is 8.63. The molecular formula is C14H14O4. The molecule has 0 saturated carbocycles. The van der Waals surface area contributed by atoms with Gasteiger partial charge in [-0.05, 0) is 42.0 Å². The molecule has 0 bridgehead atoms. The third-order valence-corrected chi connectivity index (χ3v) is 3.10. The van der Waals surface area contributed by atoms with Gasteiger partial charge in [0.15, 0.2) is 0 Å². The molecule has 0 heterocycles. The van der Waals surface area contributed by atoms with Crippen molar-refractivity contribution in [3.8, 4) is 0 Å². The van der Waals surface area contributed by atoms with E-state index in [1.807, 2.05) is 6.07 Å². The Bertz CT molecular complexity index is 529. The SMILES string of the molecule is COC(=O)c1cccc2c1CCC/C2=C\C(=O)O. The summed E-state index contributed by atoms with van der Waals surface area (Å²) in [6.07, 6.45) is 3.57. The van der Waals surface area contributed by atoms with Gasteiger partial charge in [-0.25, -0.2) is 9.59 Å². The predicted octanol–water partition coefficient (Wildman–Crippen LogP) is 2.28. The van der Waals surface area contributed by atoms with E-state index in [-0.39, 0.29) is 5.97 Å². The minimum atomic E-state index is -0.957. The minimum absolute atomic E-state index is 0.372. The van der Waals surface area contributed by atoms with E-state index >= 15 is 0 Å². The lowest BCUT2D eigenvalue weighted by molar-refractivity contribution is -0.131. The molecular weight excluding hydrogens is 232 g/mol. The van der Waals surface area contributed by atoms with Crippen molar-refractivity contribution in [2.24, 2.45) is 0 Å². The fraction of sp³-hybridized carbons (Fsp3) is 0.286. The molecule has 2 rings (SSSR count). The Kier molecular flexibility index (Phi) is 3.46. The van der Waals surface area contributed by atoms with Crippen molar-refractivity contribution in [3.63, 3.8) is 0 Å². The van der Waals surface area contributed by atoms with Crippen molar-refractivity contribution in [1.82, 2.24) is 0 Å². The Morgan fingerprint density at radius 2 is 2.11 bits per heavy atom. The molecule has 18 heavy (non-hydrogen) atoms. The number of esters is 1. The largest absolute Gasteiger partial charge is 0.478 e. The maximum Gasteiger partial charge on any atom is 0.338 e. The molecule has 0 radical (unpaired) electrons. The topological polar surface area (TPSA) is 63.6 Å². The smallest absolute Gasteiger partial charge is 0.338 e. The second kappa shape index (κ2) is 5.04. The van der Waals surface area contributed by atoms with Crippen LogP contribution in [-0.4, -0.2) is 24.2 Å². The van der Waals surface area contributed by atoms with Crippen molar-refractivity contribution in [2.75, 3.05) is 7.11 Å². The van der Waals surface area contributed by atoms with Gasteiger partial charge in [-0.1, -0.05) is 12.1 Å². The lowest BCUT2D eigenvalue weighted by atomic mass is 9.84. The summed E-state index contributed by atoms with van der Waals surface area (Å²) in [4.78, 5) is 22.4. The van der Waals surface area contributed by atoms with E-state index in [0.717, 1.165) is 36.0 Å². The van der Waals surface area contributed by atoms with Gasteiger partial charge in [-0.15, -0.1) is 0 Å². The third kappa shape index (κ3) is 2.27. The zero-order valence-corrected chi connectivity index (χ0v) is 10.1. The van der Waals surface area contributed by atoms with Crippen LogP contribution in [0.25, 0.3) is 5.57 Å². The maximum atomic E-state index is 11.7. The van der Waals surface area contributed by atoms with Crippen LogP contribution in [0.1, 0.15) is 34.3 Å². The summed E-state index contributed by atoms with van der Waals surface area (Å²) < 4.78 is 4.74. The molecule has 0 unspecified atom stereocenters. The lowest BCUT2D eigenvalue weighted by Gasteiger charge is -2.20. The minimum Gasteiger partial charge on any atom is -0.478 e. The molecule has 94 valence electrons. The van der Waals surface area contributed by atoms with E-state index in [0.29, 0.717) is 5.56 Å². The average Bonchev–Trinajstić information content (AvgIpc) is 2.37. The van der Waals surface area contributed by atoms with E-state index < -0.39 is 5.97 Å². The second-order valence-corrected chi connectivity index (χ2v) is 4.18. The summed E-state index contributed by atoms with van der Waals surface area (Å²) in [6.45, 7) is 0. The summed E-state index contributed by atoms with van der Waals surface area (Å²) >= 11 is 0. The number of hydrogen-bond acceptors (Lipinski definition) is 3. The van der Waals surface area contributed by atoms with Crippen LogP contribution in [0, 0.1) is 0 Å². The van der Waals surface area contributed by atoms with Crippen LogP contribution < -0.4 is 0 Å². The van der Waals surface area contributed by atoms with Gasteiger partial charge in [0.1, 0.15) is 0 Å². The zero-order chi connectivity index (χ0) is 13.1.